The topological polar surface area (TPSA) is 75.4 Å². The van der Waals surface area contributed by atoms with E-state index in [1.54, 1.807) is 12.2 Å². The highest BCUT2D eigenvalue weighted by Crippen LogP contribution is 2.32. The normalized spacial score (nSPS) is 17.0. The standard InChI is InChI=1S/C17H14F5N3O3S/c18-14(19)16-24-11(7-28-16)5-13(26)25-3-1-2-10(6-25)23-15(27)12-4-9(8-29-12)17(20,21)22/h1-2,4,7-8,10,14H,3,5-6H2,(H,23,27). The van der Waals surface area contributed by atoms with Crippen LogP contribution < -0.4 is 5.32 Å². The molecule has 0 saturated heterocycles. The van der Waals surface area contributed by atoms with Crippen molar-refractivity contribution in [2.45, 2.75) is 25.1 Å². The van der Waals surface area contributed by atoms with Gasteiger partial charge >= 0.3 is 12.6 Å². The van der Waals surface area contributed by atoms with Gasteiger partial charge < -0.3 is 14.6 Å². The maximum Gasteiger partial charge on any atom is 0.417 e. The second-order valence-electron chi connectivity index (χ2n) is 6.16. The molecule has 1 unspecified atom stereocenters. The Balaban J connectivity index is 1.57. The minimum atomic E-state index is -4.53. The van der Waals surface area contributed by atoms with Crippen LogP contribution in [0, 0.1) is 0 Å². The average Bonchev–Trinajstić information content (AvgIpc) is 3.31. The fourth-order valence-electron chi connectivity index (χ4n) is 2.64. The van der Waals surface area contributed by atoms with E-state index in [2.05, 4.69) is 14.7 Å². The van der Waals surface area contributed by atoms with Crippen LogP contribution in [0.15, 0.2) is 34.3 Å². The number of oxazole rings is 1. The molecule has 3 rings (SSSR count). The van der Waals surface area contributed by atoms with Gasteiger partial charge in [0.05, 0.1) is 28.6 Å². The fraction of sp³-hybridized carbons (Fsp3) is 0.353. The molecule has 156 valence electrons. The molecular weight excluding hydrogens is 421 g/mol. The Morgan fingerprint density at radius 3 is 2.76 bits per heavy atom. The summed E-state index contributed by atoms with van der Waals surface area (Å²) in [6, 6.07) is 0.159. The van der Waals surface area contributed by atoms with E-state index in [1.165, 1.54) is 4.90 Å². The summed E-state index contributed by atoms with van der Waals surface area (Å²) in [5.41, 5.74) is -0.849. The zero-order chi connectivity index (χ0) is 21.2. The summed E-state index contributed by atoms with van der Waals surface area (Å²) >= 11 is 0.670. The molecular formula is C17H14F5N3O3S. The second kappa shape index (κ2) is 8.31. The van der Waals surface area contributed by atoms with Crippen molar-refractivity contribution in [3.05, 3.63) is 51.9 Å². The highest BCUT2D eigenvalue weighted by molar-refractivity contribution is 7.12. The van der Waals surface area contributed by atoms with E-state index in [9.17, 15) is 31.5 Å². The first-order valence-electron chi connectivity index (χ1n) is 8.27. The van der Waals surface area contributed by atoms with E-state index in [4.69, 9.17) is 0 Å². The van der Waals surface area contributed by atoms with Crippen LogP contribution in [0.5, 0.6) is 0 Å². The Labute approximate surface area is 165 Å². The summed E-state index contributed by atoms with van der Waals surface area (Å²) in [5.74, 6) is -1.88. The zero-order valence-corrected chi connectivity index (χ0v) is 15.4. The molecule has 29 heavy (non-hydrogen) atoms. The SMILES string of the molecule is O=C(NC1C=CCN(C(=O)Cc2coc(C(F)F)n2)C1)c1cc(C(F)(F)F)cs1. The first-order chi connectivity index (χ1) is 13.6. The van der Waals surface area contributed by atoms with Crippen LogP contribution in [-0.4, -0.2) is 40.8 Å². The number of hydrogen-bond acceptors (Lipinski definition) is 5. The number of aromatic nitrogens is 1. The highest BCUT2D eigenvalue weighted by atomic mass is 32.1. The van der Waals surface area contributed by atoms with Crippen molar-refractivity contribution in [3.8, 4) is 0 Å². The molecule has 0 radical (unpaired) electrons. The number of amides is 2. The number of thiophene rings is 1. The van der Waals surface area contributed by atoms with E-state index in [-0.39, 0.29) is 30.1 Å². The minimum absolute atomic E-state index is 0.0544. The maximum atomic E-state index is 12.7. The number of carbonyl (C=O) groups excluding carboxylic acids is 2. The predicted molar refractivity (Wildman–Crippen MR) is 91.5 cm³/mol. The number of hydrogen-bond donors (Lipinski definition) is 1. The molecule has 0 fully saturated rings. The van der Waals surface area contributed by atoms with Gasteiger partial charge in [-0.05, 0) is 6.07 Å². The molecule has 2 aromatic rings. The largest absolute Gasteiger partial charge is 0.444 e. The van der Waals surface area contributed by atoms with E-state index in [0.717, 1.165) is 17.7 Å². The Hall–Kier alpha value is -2.76. The summed E-state index contributed by atoms with van der Waals surface area (Å²) in [7, 11) is 0. The molecule has 0 aliphatic carbocycles. The minimum Gasteiger partial charge on any atom is -0.444 e. The Morgan fingerprint density at radius 2 is 2.14 bits per heavy atom. The third-order valence-corrected chi connectivity index (χ3v) is 4.95. The molecule has 2 amide bonds. The predicted octanol–water partition coefficient (Wildman–Crippen LogP) is 3.43. The van der Waals surface area contributed by atoms with Crippen LogP contribution in [0.1, 0.15) is 33.2 Å². The number of rotatable bonds is 5. The second-order valence-corrected chi connectivity index (χ2v) is 7.07. The van der Waals surface area contributed by atoms with Crippen molar-refractivity contribution in [2.75, 3.05) is 13.1 Å². The molecule has 0 bridgehead atoms. The lowest BCUT2D eigenvalue weighted by molar-refractivity contribution is -0.137. The fourth-order valence-corrected chi connectivity index (χ4v) is 3.45. The van der Waals surface area contributed by atoms with Crippen LogP contribution in [0.4, 0.5) is 22.0 Å². The molecule has 0 aromatic carbocycles. The number of halogens is 5. The molecule has 1 aliphatic rings. The third-order valence-electron chi connectivity index (χ3n) is 4.02. The van der Waals surface area contributed by atoms with Gasteiger partial charge in [-0.25, -0.2) is 4.98 Å². The first-order valence-corrected chi connectivity index (χ1v) is 9.15. The van der Waals surface area contributed by atoms with Crippen LogP contribution in [0.2, 0.25) is 0 Å². The van der Waals surface area contributed by atoms with Crippen LogP contribution >= 0.6 is 11.3 Å². The quantitative estimate of drug-likeness (QED) is 0.577. The molecule has 6 nitrogen and oxygen atoms in total. The van der Waals surface area contributed by atoms with Gasteiger partial charge in [0, 0.05) is 18.5 Å². The number of alkyl halides is 5. The smallest absolute Gasteiger partial charge is 0.417 e. The van der Waals surface area contributed by atoms with Crippen molar-refractivity contribution in [1.82, 2.24) is 15.2 Å². The lowest BCUT2D eigenvalue weighted by Gasteiger charge is -2.29. The van der Waals surface area contributed by atoms with E-state index in [1.807, 2.05) is 0 Å². The van der Waals surface area contributed by atoms with Crippen LogP contribution in [0.3, 0.4) is 0 Å². The summed E-state index contributed by atoms with van der Waals surface area (Å²) in [6.45, 7) is 0.320. The summed E-state index contributed by atoms with van der Waals surface area (Å²) < 4.78 is 67.5. The van der Waals surface area contributed by atoms with Gasteiger partial charge in [0.2, 0.25) is 5.91 Å². The Morgan fingerprint density at radius 1 is 1.38 bits per heavy atom. The third kappa shape index (κ3) is 5.19. The maximum absolute atomic E-state index is 12.7. The van der Waals surface area contributed by atoms with Crippen molar-refractivity contribution >= 4 is 23.2 Å². The molecule has 1 atom stereocenters. The van der Waals surface area contributed by atoms with E-state index < -0.39 is 41.9 Å². The summed E-state index contributed by atoms with van der Waals surface area (Å²) in [4.78, 5) is 29.3. The first kappa shape index (κ1) is 21.0. The number of nitrogens with zero attached hydrogens (tertiary/aromatic N) is 2. The molecule has 1 N–H and O–H groups in total. The van der Waals surface area contributed by atoms with Gasteiger partial charge in [0.25, 0.3) is 11.8 Å². The number of carbonyl (C=O) groups is 2. The zero-order valence-electron chi connectivity index (χ0n) is 14.6. The average molecular weight is 435 g/mol. The van der Waals surface area contributed by atoms with Crippen molar-refractivity contribution in [3.63, 3.8) is 0 Å². The summed E-state index contributed by atoms with van der Waals surface area (Å²) in [6.07, 6.45) is -3.45. The Kier molecular flexibility index (Phi) is 6.01. The van der Waals surface area contributed by atoms with E-state index >= 15 is 0 Å². The molecule has 1 aliphatic heterocycles. The number of nitrogens with one attached hydrogen (secondary N) is 1. The van der Waals surface area contributed by atoms with Gasteiger partial charge in [0.1, 0.15) is 6.26 Å². The molecule has 2 aromatic heterocycles. The van der Waals surface area contributed by atoms with Crippen LogP contribution in [-0.2, 0) is 17.4 Å². The van der Waals surface area contributed by atoms with Crippen molar-refractivity contribution < 1.29 is 36.0 Å². The lowest BCUT2D eigenvalue weighted by Crippen LogP contribution is -2.47. The van der Waals surface area contributed by atoms with Crippen molar-refractivity contribution in [2.24, 2.45) is 0 Å². The van der Waals surface area contributed by atoms with Crippen molar-refractivity contribution in [1.29, 1.82) is 0 Å². The van der Waals surface area contributed by atoms with Gasteiger partial charge in [-0.15, -0.1) is 11.3 Å². The molecule has 3 heterocycles. The monoisotopic (exact) mass is 435 g/mol. The van der Waals surface area contributed by atoms with Gasteiger partial charge in [-0.3, -0.25) is 9.59 Å². The van der Waals surface area contributed by atoms with Gasteiger partial charge in [-0.2, -0.15) is 22.0 Å². The molecule has 0 saturated carbocycles. The summed E-state index contributed by atoms with van der Waals surface area (Å²) in [5, 5.41) is 3.41. The lowest BCUT2D eigenvalue weighted by atomic mass is 10.1. The van der Waals surface area contributed by atoms with E-state index in [0.29, 0.717) is 11.3 Å². The van der Waals surface area contributed by atoms with Gasteiger partial charge in [0.15, 0.2) is 0 Å². The molecule has 12 heteroatoms. The Bertz CT molecular complexity index is 922. The van der Waals surface area contributed by atoms with Crippen LogP contribution in [0.25, 0.3) is 0 Å². The van der Waals surface area contributed by atoms with Gasteiger partial charge in [-0.1, -0.05) is 12.2 Å². The highest BCUT2D eigenvalue weighted by Gasteiger charge is 2.32. The molecule has 0 spiro atoms.